The van der Waals surface area contributed by atoms with Gasteiger partial charge in [0.1, 0.15) is 28.7 Å². The Morgan fingerprint density at radius 1 is 1.26 bits per heavy atom. The first-order chi connectivity index (χ1) is 16.0. The van der Waals surface area contributed by atoms with Crippen LogP contribution in [0.25, 0.3) is 5.76 Å². The number of primary amides is 1. The van der Waals surface area contributed by atoms with Crippen LogP contribution in [0.3, 0.4) is 0 Å². The Hall–Kier alpha value is -3.24. The molecule has 1 fully saturated rings. The molecule has 9 nitrogen and oxygen atoms in total. The fourth-order valence-electron chi connectivity index (χ4n) is 5.38. The van der Waals surface area contributed by atoms with Gasteiger partial charge in [-0.15, -0.1) is 0 Å². The standard InChI is InChI=1S/C24H27FN2O7/c1-2-3-4-27-9-11-7-14(28)17-13(19(11)25)6-10-5-12-8-15(29)18(23(26)33)22(32)24(12,34)21(31)16(10)20(17)30/h7,10,12,27-28,30,32,34H,2-6,8-9H2,1H3,(H2,26,33)/t10?,12-,24-/m0/s1. The lowest BCUT2D eigenvalue weighted by Gasteiger charge is -2.46. The molecule has 0 spiro atoms. The van der Waals surface area contributed by atoms with E-state index in [1.807, 2.05) is 6.92 Å². The van der Waals surface area contributed by atoms with Crippen LogP contribution >= 0.6 is 0 Å². The average molecular weight is 474 g/mol. The largest absolute Gasteiger partial charge is 0.508 e. The number of Topliss-reactive ketones (excluding diaryl/α,β-unsaturated/α-hetero) is 2. The zero-order chi connectivity index (χ0) is 24.9. The molecule has 1 saturated carbocycles. The smallest absolute Gasteiger partial charge is 0.255 e. The summed E-state index contributed by atoms with van der Waals surface area (Å²) >= 11 is 0. The van der Waals surface area contributed by atoms with E-state index in [2.05, 4.69) is 5.32 Å². The van der Waals surface area contributed by atoms with E-state index >= 15 is 4.39 Å². The molecular formula is C24H27FN2O7. The minimum absolute atomic E-state index is 0.0384. The third kappa shape index (κ3) is 3.40. The Morgan fingerprint density at radius 3 is 2.62 bits per heavy atom. The van der Waals surface area contributed by atoms with Crippen LogP contribution in [0.1, 0.15) is 49.3 Å². The van der Waals surface area contributed by atoms with Crippen molar-refractivity contribution in [1.29, 1.82) is 0 Å². The number of nitrogens with two attached hydrogens (primary N) is 1. The van der Waals surface area contributed by atoms with E-state index in [1.54, 1.807) is 0 Å². The summed E-state index contributed by atoms with van der Waals surface area (Å²) in [5, 5.41) is 46.3. The number of aliphatic hydroxyl groups excluding tert-OH is 2. The van der Waals surface area contributed by atoms with E-state index in [4.69, 9.17) is 5.73 Å². The molecule has 0 bridgehead atoms. The summed E-state index contributed by atoms with van der Waals surface area (Å²) in [6, 6.07) is 1.18. The van der Waals surface area contributed by atoms with Gasteiger partial charge in [0.25, 0.3) is 5.91 Å². The maximum atomic E-state index is 15.4. The highest BCUT2D eigenvalue weighted by Gasteiger charge is 2.60. The number of rotatable bonds is 6. The number of carbonyl (C=O) groups excluding carboxylic acids is 3. The Kier molecular flexibility index (Phi) is 5.99. The van der Waals surface area contributed by atoms with Crippen LogP contribution in [0.2, 0.25) is 0 Å². The fourth-order valence-corrected chi connectivity index (χ4v) is 5.38. The molecule has 34 heavy (non-hydrogen) atoms. The second kappa shape index (κ2) is 8.52. The number of ketones is 2. The Morgan fingerprint density at radius 2 is 1.97 bits per heavy atom. The summed E-state index contributed by atoms with van der Waals surface area (Å²) in [5.74, 6) is -7.92. The lowest BCUT2D eigenvalue weighted by Crippen LogP contribution is -2.58. The number of amides is 1. The van der Waals surface area contributed by atoms with E-state index in [0.29, 0.717) is 6.54 Å². The molecular weight excluding hydrogens is 447 g/mol. The van der Waals surface area contributed by atoms with Crippen LogP contribution in [0.4, 0.5) is 4.39 Å². The summed E-state index contributed by atoms with van der Waals surface area (Å²) in [4.78, 5) is 37.4. The fraction of sp³-hybridized carbons (Fsp3) is 0.458. The molecule has 7 N–H and O–H groups in total. The summed E-state index contributed by atoms with van der Waals surface area (Å²) < 4.78 is 15.4. The zero-order valence-electron chi connectivity index (χ0n) is 18.7. The summed E-state index contributed by atoms with van der Waals surface area (Å²) in [6.45, 7) is 2.86. The highest BCUT2D eigenvalue weighted by atomic mass is 19.1. The van der Waals surface area contributed by atoms with Crippen molar-refractivity contribution < 1.29 is 39.2 Å². The van der Waals surface area contributed by atoms with E-state index in [-0.39, 0.29) is 41.6 Å². The number of aliphatic hydroxyl groups is 3. The van der Waals surface area contributed by atoms with Crippen molar-refractivity contribution in [3.63, 3.8) is 0 Å². The van der Waals surface area contributed by atoms with Crippen LogP contribution in [-0.4, -0.2) is 50.0 Å². The van der Waals surface area contributed by atoms with Crippen molar-refractivity contribution in [1.82, 2.24) is 5.32 Å². The number of fused-ring (bicyclic) bond motifs is 3. The van der Waals surface area contributed by atoms with Crippen molar-refractivity contribution >= 4 is 23.2 Å². The molecule has 1 amide bonds. The predicted molar refractivity (Wildman–Crippen MR) is 118 cm³/mol. The molecule has 3 aliphatic carbocycles. The second-order valence-corrected chi connectivity index (χ2v) is 9.16. The molecule has 0 aliphatic heterocycles. The van der Waals surface area contributed by atoms with Gasteiger partial charge in [-0.2, -0.15) is 0 Å². The van der Waals surface area contributed by atoms with Gasteiger partial charge in [-0.05, 0) is 37.8 Å². The van der Waals surface area contributed by atoms with Crippen LogP contribution in [0.15, 0.2) is 23.0 Å². The maximum absolute atomic E-state index is 15.4. The normalized spacial score (nSPS) is 26.3. The van der Waals surface area contributed by atoms with Gasteiger partial charge < -0.3 is 31.5 Å². The monoisotopic (exact) mass is 474 g/mol. The molecule has 0 radical (unpaired) electrons. The molecule has 1 unspecified atom stereocenters. The topological polar surface area (TPSA) is 170 Å². The van der Waals surface area contributed by atoms with E-state index in [0.717, 1.165) is 12.8 Å². The quantitative estimate of drug-likeness (QED) is 0.266. The van der Waals surface area contributed by atoms with Crippen molar-refractivity contribution in [2.45, 2.75) is 51.2 Å². The third-order valence-electron chi connectivity index (χ3n) is 7.09. The number of phenols is 1. The molecule has 0 heterocycles. The number of unbranched alkanes of at least 4 members (excludes halogenated alkanes) is 1. The first-order valence-electron chi connectivity index (χ1n) is 11.2. The van der Waals surface area contributed by atoms with Crippen molar-refractivity contribution in [2.75, 3.05) is 6.54 Å². The molecule has 10 heteroatoms. The number of carbonyl (C=O) groups is 3. The van der Waals surface area contributed by atoms with Crippen LogP contribution < -0.4 is 11.1 Å². The third-order valence-corrected chi connectivity index (χ3v) is 7.09. The molecule has 3 aliphatic rings. The number of nitrogens with one attached hydrogen (secondary N) is 1. The first-order valence-corrected chi connectivity index (χ1v) is 11.2. The number of aromatic hydroxyl groups is 1. The van der Waals surface area contributed by atoms with Crippen molar-refractivity contribution in [3.8, 4) is 5.75 Å². The summed E-state index contributed by atoms with van der Waals surface area (Å²) in [7, 11) is 0. The highest BCUT2D eigenvalue weighted by Crippen LogP contribution is 2.52. The maximum Gasteiger partial charge on any atom is 0.255 e. The number of benzene rings is 1. The predicted octanol–water partition coefficient (Wildman–Crippen LogP) is 1.45. The van der Waals surface area contributed by atoms with Gasteiger partial charge in [0.05, 0.1) is 5.56 Å². The van der Waals surface area contributed by atoms with Gasteiger partial charge in [0.15, 0.2) is 11.4 Å². The van der Waals surface area contributed by atoms with E-state index in [1.165, 1.54) is 6.07 Å². The number of hydrogen-bond acceptors (Lipinski definition) is 8. The first kappa shape index (κ1) is 23.9. The minimum Gasteiger partial charge on any atom is -0.508 e. The van der Waals surface area contributed by atoms with Gasteiger partial charge in [-0.1, -0.05) is 13.3 Å². The second-order valence-electron chi connectivity index (χ2n) is 9.16. The van der Waals surface area contributed by atoms with Crippen molar-refractivity contribution in [2.24, 2.45) is 17.6 Å². The molecule has 4 rings (SSSR count). The number of hydrogen-bond donors (Lipinski definition) is 6. The molecule has 1 aromatic carbocycles. The van der Waals surface area contributed by atoms with Gasteiger partial charge in [0.2, 0.25) is 5.78 Å². The summed E-state index contributed by atoms with van der Waals surface area (Å²) in [5.41, 5.74) is 1.38. The SMILES string of the molecule is CCCCNCc1cc(O)c2c(c1F)CC1C[C@H]3CC(=O)C(C(N)=O)=C(O)[C@@]3(O)C(=O)C1=C2O. The van der Waals surface area contributed by atoms with Gasteiger partial charge in [-0.3, -0.25) is 14.4 Å². The van der Waals surface area contributed by atoms with Gasteiger partial charge in [-0.25, -0.2) is 4.39 Å². The van der Waals surface area contributed by atoms with Crippen LogP contribution in [-0.2, 0) is 27.3 Å². The highest BCUT2D eigenvalue weighted by molar-refractivity contribution is 6.22. The van der Waals surface area contributed by atoms with Gasteiger partial charge >= 0.3 is 0 Å². The number of halogens is 1. The average Bonchev–Trinajstić information content (AvgIpc) is 2.76. The zero-order valence-corrected chi connectivity index (χ0v) is 18.7. The van der Waals surface area contributed by atoms with E-state index in [9.17, 15) is 34.8 Å². The summed E-state index contributed by atoms with van der Waals surface area (Å²) in [6.07, 6.45) is 1.34. The molecule has 182 valence electrons. The molecule has 0 saturated heterocycles. The van der Waals surface area contributed by atoms with Gasteiger partial charge in [0, 0.05) is 35.6 Å². The molecule has 3 atom stereocenters. The lowest BCUT2D eigenvalue weighted by atomic mass is 9.59. The van der Waals surface area contributed by atoms with Crippen molar-refractivity contribution in [3.05, 3.63) is 45.5 Å². The molecule has 0 aromatic heterocycles. The molecule has 1 aromatic rings. The Labute approximate surface area is 194 Å². The van der Waals surface area contributed by atoms with Crippen LogP contribution in [0.5, 0.6) is 5.75 Å². The van der Waals surface area contributed by atoms with E-state index < -0.39 is 70.0 Å². The lowest BCUT2D eigenvalue weighted by molar-refractivity contribution is -0.147. The minimum atomic E-state index is -2.63. The van der Waals surface area contributed by atoms with Crippen LogP contribution in [0, 0.1) is 17.7 Å². The number of phenolic OH excluding ortho intramolecular Hbond substituents is 1. The Bertz CT molecular complexity index is 1170. The Balaban J connectivity index is 1.80.